The Morgan fingerprint density at radius 3 is 2.45 bits per heavy atom. The standard InChI is InChI=1S/C15H28N2O3/c1-17(11-7-10-15(19)20-2)12-14(18)16-13-8-5-3-4-6-9-13/h13H,3-12H2,1-2H3,(H,16,18). The minimum Gasteiger partial charge on any atom is -0.469 e. The zero-order chi connectivity index (χ0) is 14.8. The van der Waals surface area contributed by atoms with Gasteiger partial charge >= 0.3 is 5.97 Å². The lowest BCUT2D eigenvalue weighted by Crippen LogP contribution is -2.41. The summed E-state index contributed by atoms with van der Waals surface area (Å²) in [6.07, 6.45) is 8.37. The molecule has 0 radical (unpaired) electrons. The Labute approximate surface area is 122 Å². The van der Waals surface area contributed by atoms with Crippen molar-refractivity contribution in [3.63, 3.8) is 0 Å². The van der Waals surface area contributed by atoms with E-state index in [4.69, 9.17) is 0 Å². The van der Waals surface area contributed by atoms with Crippen LogP contribution in [0.15, 0.2) is 0 Å². The van der Waals surface area contributed by atoms with Crippen LogP contribution in [0, 0.1) is 0 Å². The number of carbonyl (C=O) groups is 2. The molecule has 0 heterocycles. The average Bonchev–Trinajstić information content (AvgIpc) is 2.66. The van der Waals surface area contributed by atoms with E-state index in [-0.39, 0.29) is 11.9 Å². The first-order valence-electron chi connectivity index (χ1n) is 7.66. The Balaban J connectivity index is 2.15. The van der Waals surface area contributed by atoms with Gasteiger partial charge in [-0.2, -0.15) is 0 Å². The Hall–Kier alpha value is -1.10. The Kier molecular flexibility index (Phi) is 8.26. The van der Waals surface area contributed by atoms with Gasteiger partial charge in [0.15, 0.2) is 0 Å². The van der Waals surface area contributed by atoms with Gasteiger partial charge in [0.1, 0.15) is 0 Å². The van der Waals surface area contributed by atoms with E-state index in [0.717, 1.165) is 25.8 Å². The van der Waals surface area contributed by atoms with Crippen LogP contribution in [0.5, 0.6) is 0 Å². The minimum absolute atomic E-state index is 0.0949. The summed E-state index contributed by atoms with van der Waals surface area (Å²) < 4.78 is 4.59. The van der Waals surface area contributed by atoms with Crippen LogP contribution in [0.25, 0.3) is 0 Å². The summed E-state index contributed by atoms with van der Waals surface area (Å²) in [5, 5.41) is 3.13. The quantitative estimate of drug-likeness (QED) is 0.571. The van der Waals surface area contributed by atoms with Crippen LogP contribution in [-0.4, -0.2) is 50.1 Å². The van der Waals surface area contributed by atoms with Gasteiger partial charge in [0.25, 0.3) is 0 Å². The van der Waals surface area contributed by atoms with Gasteiger partial charge in [0.2, 0.25) is 5.91 Å². The third kappa shape index (κ3) is 7.48. The summed E-state index contributed by atoms with van der Waals surface area (Å²) in [7, 11) is 3.30. The van der Waals surface area contributed by atoms with E-state index in [1.807, 2.05) is 11.9 Å². The molecule has 116 valence electrons. The molecular weight excluding hydrogens is 256 g/mol. The molecule has 0 aliphatic heterocycles. The molecule has 1 N–H and O–H groups in total. The lowest BCUT2D eigenvalue weighted by molar-refractivity contribution is -0.140. The zero-order valence-electron chi connectivity index (χ0n) is 12.8. The molecule has 1 saturated carbocycles. The second-order valence-electron chi connectivity index (χ2n) is 5.67. The summed E-state index contributed by atoms with van der Waals surface area (Å²) in [4.78, 5) is 24.9. The van der Waals surface area contributed by atoms with E-state index in [1.165, 1.54) is 32.8 Å². The molecule has 1 aliphatic rings. The van der Waals surface area contributed by atoms with Crippen LogP contribution >= 0.6 is 0 Å². The van der Waals surface area contributed by atoms with Crippen molar-refractivity contribution in [2.24, 2.45) is 0 Å². The van der Waals surface area contributed by atoms with Crippen molar-refractivity contribution in [1.82, 2.24) is 10.2 Å². The Morgan fingerprint density at radius 1 is 1.20 bits per heavy atom. The van der Waals surface area contributed by atoms with Crippen molar-refractivity contribution in [3.05, 3.63) is 0 Å². The first kappa shape index (κ1) is 17.0. The minimum atomic E-state index is -0.193. The molecule has 0 atom stereocenters. The summed E-state index contributed by atoms with van der Waals surface area (Å²) in [6.45, 7) is 1.13. The number of ether oxygens (including phenoxy) is 1. The molecule has 0 saturated heterocycles. The van der Waals surface area contributed by atoms with Crippen LogP contribution in [0.2, 0.25) is 0 Å². The molecule has 1 amide bonds. The van der Waals surface area contributed by atoms with Crippen molar-refractivity contribution in [2.75, 3.05) is 27.2 Å². The van der Waals surface area contributed by atoms with Crippen molar-refractivity contribution >= 4 is 11.9 Å². The van der Waals surface area contributed by atoms with Crippen LogP contribution in [0.1, 0.15) is 51.4 Å². The molecule has 1 rings (SSSR count). The topological polar surface area (TPSA) is 58.6 Å². The molecule has 0 bridgehead atoms. The van der Waals surface area contributed by atoms with Crippen molar-refractivity contribution < 1.29 is 14.3 Å². The number of esters is 1. The van der Waals surface area contributed by atoms with E-state index < -0.39 is 0 Å². The van der Waals surface area contributed by atoms with E-state index in [1.54, 1.807) is 0 Å². The van der Waals surface area contributed by atoms with Gasteiger partial charge in [-0.25, -0.2) is 0 Å². The van der Waals surface area contributed by atoms with Gasteiger partial charge in [0.05, 0.1) is 13.7 Å². The highest BCUT2D eigenvalue weighted by atomic mass is 16.5. The maximum atomic E-state index is 11.9. The Bertz CT molecular complexity index is 299. The second-order valence-corrected chi connectivity index (χ2v) is 5.67. The van der Waals surface area contributed by atoms with E-state index in [0.29, 0.717) is 19.0 Å². The first-order chi connectivity index (χ1) is 9.61. The molecule has 0 spiro atoms. The monoisotopic (exact) mass is 284 g/mol. The van der Waals surface area contributed by atoms with Crippen molar-refractivity contribution in [2.45, 2.75) is 57.4 Å². The summed E-state index contributed by atoms with van der Waals surface area (Å²) in [5.41, 5.74) is 0. The fourth-order valence-corrected chi connectivity index (χ4v) is 2.62. The fourth-order valence-electron chi connectivity index (χ4n) is 2.62. The van der Waals surface area contributed by atoms with Crippen LogP contribution in [-0.2, 0) is 14.3 Å². The van der Waals surface area contributed by atoms with E-state index in [2.05, 4.69) is 10.1 Å². The molecule has 0 unspecified atom stereocenters. The molecule has 1 fully saturated rings. The number of nitrogens with zero attached hydrogens (tertiary/aromatic N) is 1. The highest BCUT2D eigenvalue weighted by molar-refractivity contribution is 5.78. The van der Waals surface area contributed by atoms with Crippen LogP contribution in [0.3, 0.4) is 0 Å². The van der Waals surface area contributed by atoms with E-state index in [9.17, 15) is 9.59 Å². The van der Waals surface area contributed by atoms with Gasteiger partial charge in [0, 0.05) is 12.5 Å². The fraction of sp³-hybridized carbons (Fsp3) is 0.867. The molecule has 5 nitrogen and oxygen atoms in total. The van der Waals surface area contributed by atoms with Gasteiger partial charge in [-0.05, 0) is 32.9 Å². The molecular formula is C15H28N2O3. The largest absolute Gasteiger partial charge is 0.469 e. The number of rotatable bonds is 7. The molecule has 0 aromatic rings. The van der Waals surface area contributed by atoms with Gasteiger partial charge in [-0.1, -0.05) is 25.7 Å². The van der Waals surface area contributed by atoms with Gasteiger partial charge in [-0.3, -0.25) is 14.5 Å². The van der Waals surface area contributed by atoms with E-state index >= 15 is 0 Å². The number of amides is 1. The smallest absolute Gasteiger partial charge is 0.305 e. The average molecular weight is 284 g/mol. The summed E-state index contributed by atoms with van der Waals surface area (Å²) in [5.74, 6) is -0.0984. The normalized spacial score (nSPS) is 16.8. The maximum Gasteiger partial charge on any atom is 0.305 e. The lowest BCUT2D eigenvalue weighted by Gasteiger charge is -2.20. The summed E-state index contributed by atoms with van der Waals surface area (Å²) >= 11 is 0. The van der Waals surface area contributed by atoms with Gasteiger partial charge in [-0.15, -0.1) is 0 Å². The zero-order valence-corrected chi connectivity index (χ0v) is 12.8. The molecule has 0 aromatic heterocycles. The predicted octanol–water partition coefficient (Wildman–Crippen LogP) is 1.71. The third-order valence-electron chi connectivity index (χ3n) is 3.78. The first-order valence-corrected chi connectivity index (χ1v) is 7.66. The number of likely N-dealkylation sites (N-methyl/N-ethyl adjacent to an activating group) is 1. The maximum absolute atomic E-state index is 11.9. The number of hydrogen-bond donors (Lipinski definition) is 1. The lowest BCUT2D eigenvalue weighted by atomic mass is 10.1. The highest BCUT2D eigenvalue weighted by Gasteiger charge is 2.15. The van der Waals surface area contributed by atoms with Crippen LogP contribution in [0.4, 0.5) is 0 Å². The SMILES string of the molecule is COC(=O)CCCN(C)CC(=O)NC1CCCCCC1. The Morgan fingerprint density at radius 2 is 1.85 bits per heavy atom. The number of methoxy groups -OCH3 is 1. The molecule has 1 aliphatic carbocycles. The number of hydrogen-bond acceptors (Lipinski definition) is 4. The van der Waals surface area contributed by atoms with Crippen molar-refractivity contribution in [1.29, 1.82) is 0 Å². The summed E-state index contributed by atoms with van der Waals surface area (Å²) in [6, 6.07) is 0.355. The highest BCUT2D eigenvalue weighted by Crippen LogP contribution is 2.17. The predicted molar refractivity (Wildman–Crippen MR) is 78.4 cm³/mol. The van der Waals surface area contributed by atoms with Crippen LogP contribution < -0.4 is 5.32 Å². The second kappa shape index (κ2) is 9.75. The molecule has 5 heteroatoms. The third-order valence-corrected chi connectivity index (χ3v) is 3.78. The number of carbonyl (C=O) groups excluding carboxylic acids is 2. The van der Waals surface area contributed by atoms with Gasteiger partial charge < -0.3 is 10.1 Å². The molecule has 0 aromatic carbocycles. The number of nitrogens with one attached hydrogen (secondary N) is 1. The molecule has 20 heavy (non-hydrogen) atoms. The van der Waals surface area contributed by atoms with Crippen molar-refractivity contribution in [3.8, 4) is 0 Å².